The number of halogens is 2. The quantitative estimate of drug-likeness (QED) is 0.841. The zero-order chi connectivity index (χ0) is 13.0. The van der Waals surface area contributed by atoms with E-state index in [1.54, 1.807) is 6.92 Å². The molecule has 0 heterocycles. The van der Waals surface area contributed by atoms with Crippen molar-refractivity contribution in [2.24, 2.45) is 0 Å². The molecule has 0 bridgehead atoms. The second-order valence-electron chi connectivity index (χ2n) is 3.98. The molecule has 0 fully saturated rings. The summed E-state index contributed by atoms with van der Waals surface area (Å²) in [6.45, 7) is 4.34. The van der Waals surface area contributed by atoms with Gasteiger partial charge in [-0.1, -0.05) is 0 Å². The summed E-state index contributed by atoms with van der Waals surface area (Å²) < 4.78 is 7.46. The first kappa shape index (κ1) is 15.0. The van der Waals surface area contributed by atoms with Crippen LogP contribution in [0.25, 0.3) is 0 Å². The van der Waals surface area contributed by atoms with Crippen molar-refractivity contribution in [2.45, 2.75) is 32.6 Å². The smallest absolute Gasteiger partial charge is 0.148 e. The Morgan fingerprint density at radius 1 is 1.29 bits per heavy atom. The molecule has 96 valence electrons. The third kappa shape index (κ3) is 4.25. The number of benzene rings is 1. The molecule has 0 aromatic heterocycles. The Balaban J connectivity index is 2.93. The first-order valence-corrected chi connectivity index (χ1v) is 7.01. The number of aliphatic hydroxyl groups excluding tert-OH is 1. The molecule has 0 spiro atoms. The van der Waals surface area contributed by atoms with E-state index in [0.29, 0.717) is 0 Å². The van der Waals surface area contributed by atoms with Crippen LogP contribution in [0.3, 0.4) is 0 Å². The average molecular weight is 367 g/mol. The van der Waals surface area contributed by atoms with E-state index >= 15 is 0 Å². The first-order chi connectivity index (χ1) is 7.95. The van der Waals surface area contributed by atoms with Crippen molar-refractivity contribution in [3.05, 3.63) is 26.6 Å². The summed E-state index contributed by atoms with van der Waals surface area (Å²) in [6, 6.07) is 4.01. The van der Waals surface area contributed by atoms with E-state index in [1.807, 2.05) is 26.1 Å². The van der Waals surface area contributed by atoms with Gasteiger partial charge < -0.3 is 15.2 Å². The Hall–Kier alpha value is -0.100. The van der Waals surface area contributed by atoms with Crippen LogP contribution in [0.2, 0.25) is 0 Å². The maximum atomic E-state index is 9.44. The summed E-state index contributed by atoms with van der Waals surface area (Å²) in [5.41, 5.74) is 1.16. The Kier molecular flexibility index (Phi) is 5.92. The molecule has 1 rings (SSSR count). The second-order valence-corrected chi connectivity index (χ2v) is 5.69. The predicted octanol–water partition coefficient (Wildman–Crippen LogP) is 3.08. The van der Waals surface area contributed by atoms with Crippen LogP contribution < -0.4 is 10.1 Å². The Morgan fingerprint density at radius 3 is 2.24 bits per heavy atom. The molecule has 1 aromatic rings. The molecule has 0 aliphatic heterocycles. The van der Waals surface area contributed by atoms with Gasteiger partial charge in [-0.2, -0.15) is 0 Å². The van der Waals surface area contributed by atoms with Gasteiger partial charge in [-0.3, -0.25) is 0 Å². The van der Waals surface area contributed by atoms with Gasteiger partial charge >= 0.3 is 0 Å². The number of rotatable bonds is 5. The fourth-order valence-electron chi connectivity index (χ4n) is 1.32. The summed E-state index contributed by atoms with van der Waals surface area (Å²) in [4.78, 5) is 0. The van der Waals surface area contributed by atoms with Crippen LogP contribution in [-0.2, 0) is 6.54 Å². The van der Waals surface area contributed by atoms with Gasteiger partial charge in [0, 0.05) is 6.54 Å². The van der Waals surface area contributed by atoms with Crippen LogP contribution in [0.4, 0.5) is 0 Å². The van der Waals surface area contributed by atoms with Gasteiger partial charge in [0.05, 0.1) is 15.0 Å². The van der Waals surface area contributed by atoms with Gasteiger partial charge in [-0.25, -0.2) is 0 Å². The Labute approximate surface area is 119 Å². The van der Waals surface area contributed by atoms with Crippen molar-refractivity contribution in [3.8, 4) is 5.75 Å². The van der Waals surface area contributed by atoms with E-state index in [1.165, 1.54) is 0 Å². The van der Waals surface area contributed by atoms with E-state index < -0.39 is 6.10 Å². The van der Waals surface area contributed by atoms with Crippen LogP contribution in [0, 0.1) is 0 Å². The minimum atomic E-state index is -0.509. The summed E-state index contributed by atoms with van der Waals surface area (Å²) in [5.74, 6) is 0.721. The van der Waals surface area contributed by atoms with Crippen LogP contribution in [0.1, 0.15) is 19.4 Å². The minimum Gasteiger partial charge on any atom is -0.486 e. The fourth-order valence-corrected chi connectivity index (χ4v) is 2.78. The lowest BCUT2D eigenvalue weighted by Crippen LogP contribution is -2.25. The number of hydrogen-bond acceptors (Lipinski definition) is 3. The molecule has 0 radical (unpaired) electrons. The van der Waals surface area contributed by atoms with Crippen LogP contribution in [-0.4, -0.2) is 24.4 Å². The Bertz CT molecular complexity index is 360. The van der Waals surface area contributed by atoms with Gasteiger partial charge in [-0.15, -0.1) is 0 Å². The van der Waals surface area contributed by atoms with E-state index in [2.05, 4.69) is 37.2 Å². The van der Waals surface area contributed by atoms with Crippen molar-refractivity contribution in [1.82, 2.24) is 5.32 Å². The molecule has 0 aliphatic carbocycles. The number of hydrogen-bond donors (Lipinski definition) is 2. The second kappa shape index (κ2) is 6.73. The lowest BCUT2D eigenvalue weighted by atomic mass is 10.2. The maximum Gasteiger partial charge on any atom is 0.148 e. The van der Waals surface area contributed by atoms with E-state index in [-0.39, 0.29) is 6.10 Å². The predicted molar refractivity (Wildman–Crippen MR) is 76.4 cm³/mol. The van der Waals surface area contributed by atoms with Crippen molar-refractivity contribution in [2.75, 3.05) is 7.05 Å². The van der Waals surface area contributed by atoms with Gasteiger partial charge in [0.2, 0.25) is 0 Å². The summed E-state index contributed by atoms with van der Waals surface area (Å²) in [6.07, 6.45) is -0.761. The van der Waals surface area contributed by atoms with Crippen molar-refractivity contribution in [1.29, 1.82) is 0 Å². The third-order valence-corrected chi connectivity index (χ3v) is 3.60. The number of ether oxygens (including phenoxy) is 1. The molecule has 2 unspecified atom stereocenters. The Morgan fingerprint density at radius 2 is 1.82 bits per heavy atom. The maximum absolute atomic E-state index is 9.44. The van der Waals surface area contributed by atoms with Gasteiger partial charge in [-0.05, 0) is 70.5 Å². The highest BCUT2D eigenvalue weighted by Crippen LogP contribution is 2.35. The van der Waals surface area contributed by atoms with Gasteiger partial charge in [0.1, 0.15) is 11.9 Å². The lowest BCUT2D eigenvalue weighted by molar-refractivity contribution is 0.0594. The molecule has 2 N–H and O–H groups in total. The van der Waals surface area contributed by atoms with Crippen molar-refractivity contribution >= 4 is 31.9 Å². The molecule has 0 saturated heterocycles. The third-order valence-electron chi connectivity index (χ3n) is 2.42. The zero-order valence-corrected chi connectivity index (χ0v) is 13.3. The van der Waals surface area contributed by atoms with Gasteiger partial charge in [0.15, 0.2) is 0 Å². The summed E-state index contributed by atoms with van der Waals surface area (Å²) in [5, 5.41) is 12.5. The molecular weight excluding hydrogens is 350 g/mol. The monoisotopic (exact) mass is 365 g/mol. The van der Waals surface area contributed by atoms with Crippen LogP contribution >= 0.6 is 31.9 Å². The van der Waals surface area contributed by atoms with Crippen molar-refractivity contribution < 1.29 is 9.84 Å². The summed E-state index contributed by atoms with van der Waals surface area (Å²) >= 11 is 6.96. The number of nitrogens with one attached hydrogen (secondary N) is 1. The number of aliphatic hydroxyl groups is 1. The molecule has 5 heteroatoms. The van der Waals surface area contributed by atoms with Crippen LogP contribution in [0.15, 0.2) is 21.1 Å². The zero-order valence-electron chi connectivity index (χ0n) is 10.1. The molecule has 17 heavy (non-hydrogen) atoms. The molecule has 1 aromatic carbocycles. The van der Waals surface area contributed by atoms with E-state index in [9.17, 15) is 5.11 Å². The first-order valence-electron chi connectivity index (χ1n) is 5.43. The minimum absolute atomic E-state index is 0.252. The largest absolute Gasteiger partial charge is 0.486 e. The van der Waals surface area contributed by atoms with E-state index in [0.717, 1.165) is 26.8 Å². The molecular formula is C12H17Br2NO2. The molecule has 2 atom stereocenters. The fraction of sp³-hybridized carbons (Fsp3) is 0.500. The molecule has 0 aliphatic rings. The lowest BCUT2D eigenvalue weighted by Gasteiger charge is -2.19. The molecule has 3 nitrogen and oxygen atoms in total. The topological polar surface area (TPSA) is 41.5 Å². The summed E-state index contributed by atoms with van der Waals surface area (Å²) in [7, 11) is 1.90. The molecule has 0 saturated carbocycles. The molecule has 0 amide bonds. The standard InChI is InChI=1S/C12H17Br2NO2/c1-7(16)8(2)17-12-10(13)4-9(6-15-3)5-11(12)14/h4-5,7-8,15-16H,6H2,1-3H3. The van der Waals surface area contributed by atoms with Gasteiger partial charge in [0.25, 0.3) is 0 Å². The normalized spacial score (nSPS) is 14.5. The van der Waals surface area contributed by atoms with E-state index in [4.69, 9.17) is 4.74 Å². The highest BCUT2D eigenvalue weighted by atomic mass is 79.9. The van der Waals surface area contributed by atoms with Crippen molar-refractivity contribution in [3.63, 3.8) is 0 Å². The highest BCUT2D eigenvalue weighted by Gasteiger charge is 2.15. The highest BCUT2D eigenvalue weighted by molar-refractivity contribution is 9.11. The average Bonchev–Trinajstić information content (AvgIpc) is 2.23. The SMILES string of the molecule is CNCc1cc(Br)c(OC(C)C(C)O)c(Br)c1. The van der Waals surface area contributed by atoms with Crippen LogP contribution in [0.5, 0.6) is 5.75 Å².